The highest BCUT2D eigenvalue weighted by atomic mass is 35.5. The first-order valence-electron chi connectivity index (χ1n) is 15.1. The van der Waals surface area contributed by atoms with Gasteiger partial charge in [0.1, 0.15) is 12.1 Å². The molecule has 1 unspecified atom stereocenters. The molecule has 0 saturated carbocycles. The van der Waals surface area contributed by atoms with Gasteiger partial charge in [-0.05, 0) is 76.7 Å². The minimum absolute atomic E-state index is 0.0252. The summed E-state index contributed by atoms with van der Waals surface area (Å²) in [6, 6.07) is 3.76. The van der Waals surface area contributed by atoms with Crippen LogP contribution in [0, 0.1) is 24.6 Å². The fourth-order valence-corrected chi connectivity index (χ4v) is 7.30. The van der Waals surface area contributed by atoms with Gasteiger partial charge in [0.15, 0.2) is 5.82 Å². The van der Waals surface area contributed by atoms with Crippen LogP contribution < -0.4 is 4.74 Å². The lowest BCUT2D eigenvalue weighted by Gasteiger charge is -2.31. The molecule has 2 fully saturated rings. The van der Waals surface area contributed by atoms with E-state index < -0.39 is 5.82 Å². The van der Waals surface area contributed by atoms with Crippen LogP contribution in [0.5, 0.6) is 5.88 Å². The van der Waals surface area contributed by atoms with Gasteiger partial charge in [-0.1, -0.05) is 29.1 Å². The number of nitrogens with one attached hydrogen (secondary N) is 1. The van der Waals surface area contributed by atoms with Crippen molar-refractivity contribution in [2.45, 2.75) is 51.6 Å². The Kier molecular flexibility index (Phi) is 7.80. The Morgan fingerprint density at radius 1 is 1.09 bits per heavy atom. The van der Waals surface area contributed by atoms with Crippen molar-refractivity contribution in [2.75, 3.05) is 33.3 Å². The van der Waals surface area contributed by atoms with E-state index in [1.165, 1.54) is 0 Å². The number of ether oxygens (including phenoxy) is 1. The highest BCUT2D eigenvalue weighted by molar-refractivity contribution is 6.36. The summed E-state index contributed by atoms with van der Waals surface area (Å²) in [6.07, 6.45) is 6.87. The van der Waals surface area contributed by atoms with Gasteiger partial charge < -0.3 is 14.5 Å². The number of benzene rings is 2. The monoisotopic (exact) mass is 647 g/mol. The van der Waals surface area contributed by atoms with Crippen LogP contribution in [0.3, 0.4) is 0 Å². The molecule has 1 amide bonds. The van der Waals surface area contributed by atoms with Crippen LogP contribution in [0.25, 0.3) is 43.8 Å². The first-order chi connectivity index (χ1) is 21.8. The molecular formula is C33H32Cl2FN7O2. The van der Waals surface area contributed by atoms with E-state index in [1.54, 1.807) is 36.4 Å². The van der Waals surface area contributed by atoms with Crippen LogP contribution >= 0.6 is 23.2 Å². The second kappa shape index (κ2) is 11.8. The number of likely N-dealkylation sites (N-methyl/N-ethyl adjacent to an activating group) is 1. The molecule has 5 heterocycles. The topological polar surface area (TPSA) is 92.2 Å². The van der Waals surface area contributed by atoms with Crippen molar-refractivity contribution in [3.05, 3.63) is 46.0 Å². The van der Waals surface area contributed by atoms with Crippen molar-refractivity contribution in [3.8, 4) is 28.8 Å². The van der Waals surface area contributed by atoms with Crippen molar-refractivity contribution in [3.63, 3.8) is 0 Å². The molecule has 2 aromatic carbocycles. The van der Waals surface area contributed by atoms with Crippen molar-refractivity contribution in [1.29, 1.82) is 0 Å². The molecule has 2 aliphatic rings. The van der Waals surface area contributed by atoms with Gasteiger partial charge in [-0.3, -0.25) is 14.6 Å². The second-order valence-electron chi connectivity index (χ2n) is 11.9. The zero-order valence-corrected chi connectivity index (χ0v) is 26.8. The Morgan fingerprint density at radius 2 is 1.89 bits per heavy atom. The number of likely N-dealkylation sites (tertiary alicyclic amines) is 2. The fraction of sp³-hybridized carbons (Fsp3) is 0.394. The third-order valence-corrected chi connectivity index (χ3v) is 9.98. The predicted octanol–water partition coefficient (Wildman–Crippen LogP) is 6.54. The third kappa shape index (κ3) is 5.07. The van der Waals surface area contributed by atoms with Crippen molar-refractivity contribution in [2.24, 2.45) is 0 Å². The molecule has 0 bridgehead atoms. The first-order valence-corrected chi connectivity index (χ1v) is 15.9. The molecule has 7 rings (SSSR count). The third-order valence-electron chi connectivity index (χ3n) is 9.29. The highest BCUT2D eigenvalue weighted by Crippen LogP contribution is 2.45. The van der Waals surface area contributed by atoms with Gasteiger partial charge in [-0.25, -0.2) is 9.37 Å². The molecule has 2 saturated heterocycles. The fourth-order valence-electron chi connectivity index (χ4n) is 6.81. The summed E-state index contributed by atoms with van der Waals surface area (Å²) in [5.41, 5.74) is 2.98. The van der Waals surface area contributed by atoms with Gasteiger partial charge in [0.2, 0.25) is 5.88 Å². The number of carbonyl (C=O) groups excluding carboxylic acids is 1. The molecular weight excluding hydrogens is 616 g/mol. The number of carbonyl (C=O) groups is 1. The van der Waals surface area contributed by atoms with Crippen LogP contribution in [0.4, 0.5) is 4.39 Å². The number of H-pyrrole nitrogens is 1. The number of hydrogen-bond acceptors (Lipinski definition) is 6. The van der Waals surface area contributed by atoms with E-state index in [0.29, 0.717) is 81.8 Å². The summed E-state index contributed by atoms with van der Waals surface area (Å²) >= 11 is 13.5. The average Bonchev–Trinajstić information content (AvgIpc) is 3.78. The van der Waals surface area contributed by atoms with E-state index in [-0.39, 0.29) is 34.1 Å². The van der Waals surface area contributed by atoms with Gasteiger partial charge in [0.05, 0.1) is 39.9 Å². The molecule has 1 atom stereocenters. The number of pyridine rings is 1. The number of nitrogens with zero attached hydrogens (tertiary/aromatic N) is 6. The molecule has 2 aliphatic heterocycles. The van der Waals surface area contributed by atoms with E-state index in [2.05, 4.69) is 34.0 Å². The Labute approximate surface area is 269 Å². The minimum atomic E-state index is -0.568. The van der Waals surface area contributed by atoms with Crippen molar-refractivity contribution < 1.29 is 13.9 Å². The Balaban J connectivity index is 1.40. The van der Waals surface area contributed by atoms with Crippen LogP contribution in [0.2, 0.25) is 10.0 Å². The zero-order valence-electron chi connectivity index (χ0n) is 25.3. The van der Waals surface area contributed by atoms with Gasteiger partial charge in [0.25, 0.3) is 5.91 Å². The Morgan fingerprint density at radius 3 is 2.62 bits per heavy atom. The molecule has 1 N–H and O–H groups in total. The van der Waals surface area contributed by atoms with Crippen LogP contribution in [-0.4, -0.2) is 80.0 Å². The molecule has 0 spiro atoms. The number of hydrogen-bond donors (Lipinski definition) is 1. The summed E-state index contributed by atoms with van der Waals surface area (Å²) in [7, 11) is 2.09. The number of aromatic amines is 1. The SMILES string of the molecule is CC#CC(=O)N1CCC(n2ncc3c(OCC4CCCN4C)nc4c(F)c(-c5c(C)c(Cl)cc6[nH]ncc56)c(Cl)cc4c32)CC1. The molecule has 3 aromatic heterocycles. The molecule has 45 heavy (non-hydrogen) atoms. The molecule has 9 nitrogen and oxygen atoms in total. The normalized spacial score (nSPS) is 17.8. The second-order valence-corrected chi connectivity index (χ2v) is 12.7. The molecule has 0 aliphatic carbocycles. The number of piperidine rings is 1. The summed E-state index contributed by atoms with van der Waals surface area (Å²) in [6.45, 7) is 6.04. The molecule has 5 aromatic rings. The van der Waals surface area contributed by atoms with E-state index >= 15 is 4.39 Å². The van der Waals surface area contributed by atoms with E-state index in [9.17, 15) is 4.79 Å². The largest absolute Gasteiger partial charge is 0.475 e. The van der Waals surface area contributed by atoms with Gasteiger partial charge in [0, 0.05) is 46.1 Å². The molecule has 232 valence electrons. The maximum atomic E-state index is 17.0. The average molecular weight is 649 g/mol. The lowest BCUT2D eigenvalue weighted by atomic mass is 9.94. The summed E-state index contributed by atoms with van der Waals surface area (Å²) < 4.78 is 25.3. The van der Waals surface area contributed by atoms with E-state index in [1.807, 2.05) is 11.6 Å². The number of rotatable bonds is 5. The summed E-state index contributed by atoms with van der Waals surface area (Å²) in [4.78, 5) is 21.2. The van der Waals surface area contributed by atoms with Gasteiger partial charge >= 0.3 is 0 Å². The minimum Gasteiger partial charge on any atom is -0.475 e. The number of amides is 1. The van der Waals surface area contributed by atoms with Crippen molar-refractivity contribution >= 4 is 61.8 Å². The lowest BCUT2D eigenvalue weighted by Crippen LogP contribution is -2.38. The number of halogens is 3. The smallest absolute Gasteiger partial charge is 0.298 e. The van der Waals surface area contributed by atoms with E-state index in [0.717, 1.165) is 19.4 Å². The highest BCUT2D eigenvalue weighted by Gasteiger charge is 2.30. The summed E-state index contributed by atoms with van der Waals surface area (Å²) in [5, 5.41) is 14.5. The van der Waals surface area contributed by atoms with Gasteiger partial charge in [-0.15, -0.1) is 0 Å². The van der Waals surface area contributed by atoms with E-state index in [4.69, 9.17) is 38.0 Å². The number of aromatic nitrogens is 5. The number of fused-ring (bicyclic) bond motifs is 4. The molecule has 12 heteroatoms. The Hall–Kier alpha value is -3.91. The maximum absolute atomic E-state index is 17.0. The van der Waals surface area contributed by atoms with Crippen LogP contribution in [0.15, 0.2) is 24.5 Å². The zero-order chi connectivity index (χ0) is 31.4. The quantitative estimate of drug-likeness (QED) is 0.218. The summed E-state index contributed by atoms with van der Waals surface area (Å²) in [5.74, 6) is 4.91. The first kappa shape index (κ1) is 29.8. The van der Waals surface area contributed by atoms with Gasteiger partial charge in [-0.2, -0.15) is 10.2 Å². The standard InChI is InChI=1S/C33H32Cl2FN7O2/c1-4-6-27(44)42-11-8-19(9-12-42)43-32-21-13-25(35)29(28-18(2)24(34)14-26-22(28)15-37-40-26)30(36)31(21)39-33(23(32)16-38-43)45-17-20-7-5-10-41(20)3/h13-16,19-20H,5,7-12,17H2,1-3H3,(H,37,40). The van der Waals surface area contributed by atoms with Crippen LogP contribution in [-0.2, 0) is 4.79 Å². The van der Waals surface area contributed by atoms with Crippen LogP contribution in [0.1, 0.15) is 44.2 Å². The predicted molar refractivity (Wildman–Crippen MR) is 174 cm³/mol. The molecule has 0 radical (unpaired) electrons. The maximum Gasteiger partial charge on any atom is 0.298 e. The van der Waals surface area contributed by atoms with Crippen molar-refractivity contribution in [1.82, 2.24) is 34.8 Å². The Bertz CT molecular complexity index is 2040. The lowest BCUT2D eigenvalue weighted by molar-refractivity contribution is -0.126.